The third-order valence-electron chi connectivity index (χ3n) is 5.94. The number of nitrogens with zero attached hydrogens (tertiary/aromatic N) is 2. The normalized spacial score (nSPS) is 15.1. The molecule has 32 heavy (non-hydrogen) atoms. The van der Waals surface area contributed by atoms with Gasteiger partial charge in [0.2, 0.25) is 0 Å². The molecule has 1 aromatic heterocycles. The van der Waals surface area contributed by atoms with Crippen LogP contribution in [0.2, 0.25) is 0 Å². The van der Waals surface area contributed by atoms with Crippen LogP contribution in [-0.2, 0) is 6.18 Å². The van der Waals surface area contributed by atoms with Crippen molar-refractivity contribution in [3.05, 3.63) is 54.1 Å². The van der Waals surface area contributed by atoms with Gasteiger partial charge in [0.05, 0.1) is 23.9 Å². The van der Waals surface area contributed by atoms with Gasteiger partial charge in [0.25, 0.3) is 0 Å². The maximum atomic E-state index is 13.3. The van der Waals surface area contributed by atoms with Crippen molar-refractivity contribution in [3.8, 4) is 17.0 Å². The van der Waals surface area contributed by atoms with Crippen LogP contribution in [-0.4, -0.2) is 43.2 Å². The molecule has 1 aliphatic rings. The number of fused-ring (bicyclic) bond motifs is 1. The molecule has 4 rings (SSSR count). The van der Waals surface area contributed by atoms with Crippen molar-refractivity contribution >= 4 is 16.6 Å². The SMILES string of the molecule is COc1ccc(-c2cc(NCCCN3CCCCC3)c3cc(C(F)(F)F)ccc3n2)cc1. The van der Waals surface area contributed by atoms with Crippen LogP contribution in [0.15, 0.2) is 48.5 Å². The summed E-state index contributed by atoms with van der Waals surface area (Å²) in [5.74, 6) is 0.736. The molecule has 2 heterocycles. The first-order chi connectivity index (χ1) is 15.4. The zero-order valence-electron chi connectivity index (χ0n) is 18.2. The molecule has 1 fully saturated rings. The van der Waals surface area contributed by atoms with Crippen LogP contribution < -0.4 is 10.1 Å². The molecule has 0 spiro atoms. The highest BCUT2D eigenvalue weighted by molar-refractivity contribution is 5.94. The fraction of sp³-hybridized carbons (Fsp3) is 0.400. The number of hydrogen-bond donors (Lipinski definition) is 1. The molecule has 7 heteroatoms. The quantitative estimate of drug-likeness (QED) is 0.440. The Morgan fingerprint density at radius 3 is 2.44 bits per heavy atom. The van der Waals surface area contributed by atoms with E-state index in [1.54, 1.807) is 7.11 Å². The minimum absolute atomic E-state index is 0.482. The first-order valence-electron chi connectivity index (χ1n) is 11.1. The van der Waals surface area contributed by atoms with Crippen LogP contribution in [0, 0.1) is 0 Å². The Hall–Kier alpha value is -2.80. The predicted molar refractivity (Wildman–Crippen MR) is 122 cm³/mol. The molecule has 1 saturated heterocycles. The second kappa shape index (κ2) is 9.77. The van der Waals surface area contributed by atoms with Crippen LogP contribution in [0.4, 0.5) is 18.9 Å². The van der Waals surface area contributed by atoms with E-state index in [0.29, 0.717) is 28.8 Å². The highest BCUT2D eigenvalue weighted by Gasteiger charge is 2.30. The molecule has 1 N–H and O–H groups in total. The van der Waals surface area contributed by atoms with E-state index in [1.165, 1.54) is 31.4 Å². The Morgan fingerprint density at radius 2 is 1.75 bits per heavy atom. The molecule has 2 aromatic carbocycles. The number of nitrogens with one attached hydrogen (secondary N) is 1. The number of alkyl halides is 3. The topological polar surface area (TPSA) is 37.4 Å². The van der Waals surface area contributed by atoms with Gasteiger partial charge in [-0.3, -0.25) is 0 Å². The molecule has 0 radical (unpaired) electrons. The maximum Gasteiger partial charge on any atom is 0.416 e. The van der Waals surface area contributed by atoms with Gasteiger partial charge in [0.1, 0.15) is 5.75 Å². The minimum Gasteiger partial charge on any atom is -0.497 e. The molecule has 0 atom stereocenters. The van der Waals surface area contributed by atoms with Crippen molar-refractivity contribution in [2.24, 2.45) is 0 Å². The van der Waals surface area contributed by atoms with Crippen LogP contribution in [0.5, 0.6) is 5.75 Å². The van der Waals surface area contributed by atoms with Gasteiger partial charge in [-0.25, -0.2) is 4.98 Å². The van der Waals surface area contributed by atoms with E-state index >= 15 is 0 Å². The molecule has 0 saturated carbocycles. The third-order valence-corrected chi connectivity index (χ3v) is 5.94. The number of halogens is 3. The summed E-state index contributed by atoms with van der Waals surface area (Å²) in [5.41, 5.74) is 2.12. The summed E-state index contributed by atoms with van der Waals surface area (Å²) in [6, 6.07) is 13.1. The van der Waals surface area contributed by atoms with Gasteiger partial charge in [0.15, 0.2) is 0 Å². The number of aromatic nitrogens is 1. The summed E-state index contributed by atoms with van der Waals surface area (Å²) in [4.78, 5) is 7.09. The van der Waals surface area contributed by atoms with Gasteiger partial charge in [-0.05, 0) is 87.4 Å². The van der Waals surface area contributed by atoms with Crippen molar-refractivity contribution < 1.29 is 17.9 Å². The first kappa shape index (κ1) is 22.4. The van der Waals surface area contributed by atoms with E-state index in [0.717, 1.165) is 43.4 Å². The van der Waals surface area contributed by atoms with Gasteiger partial charge in [-0.1, -0.05) is 6.42 Å². The largest absolute Gasteiger partial charge is 0.497 e. The smallest absolute Gasteiger partial charge is 0.416 e. The van der Waals surface area contributed by atoms with Crippen molar-refractivity contribution in [2.45, 2.75) is 31.9 Å². The average Bonchev–Trinajstić information content (AvgIpc) is 2.81. The monoisotopic (exact) mass is 443 g/mol. The van der Waals surface area contributed by atoms with E-state index in [1.807, 2.05) is 30.3 Å². The number of anilines is 1. The zero-order chi connectivity index (χ0) is 22.6. The summed E-state index contributed by atoms with van der Waals surface area (Å²) in [6.45, 7) is 3.95. The number of benzene rings is 2. The van der Waals surface area contributed by atoms with E-state index in [2.05, 4.69) is 15.2 Å². The van der Waals surface area contributed by atoms with Crippen LogP contribution in [0.3, 0.4) is 0 Å². The number of piperidine rings is 1. The Labute approximate surface area is 186 Å². The maximum absolute atomic E-state index is 13.3. The fourth-order valence-electron chi connectivity index (χ4n) is 4.17. The van der Waals surface area contributed by atoms with Gasteiger partial charge in [-0.2, -0.15) is 13.2 Å². The van der Waals surface area contributed by atoms with Crippen molar-refractivity contribution in [2.75, 3.05) is 38.6 Å². The lowest BCUT2D eigenvalue weighted by Gasteiger charge is -2.26. The van der Waals surface area contributed by atoms with E-state index in [-0.39, 0.29) is 0 Å². The average molecular weight is 444 g/mol. The third kappa shape index (κ3) is 5.33. The van der Waals surface area contributed by atoms with Crippen molar-refractivity contribution in [1.29, 1.82) is 0 Å². The standard InChI is InChI=1S/C25H28F3N3O/c1-32-20-9-6-18(7-10-20)23-17-24(29-12-5-15-31-13-3-2-4-14-31)21-16-19(25(26,27)28)8-11-22(21)30-23/h6-11,16-17H,2-5,12-15H2,1H3,(H,29,30). The number of methoxy groups -OCH3 is 1. The lowest BCUT2D eigenvalue weighted by atomic mass is 10.0. The molecule has 170 valence electrons. The molecule has 0 aliphatic carbocycles. The Kier molecular flexibility index (Phi) is 6.84. The summed E-state index contributed by atoms with van der Waals surface area (Å²) < 4.78 is 45.2. The second-order valence-electron chi connectivity index (χ2n) is 8.20. The Balaban J connectivity index is 1.61. The highest BCUT2D eigenvalue weighted by atomic mass is 19.4. The van der Waals surface area contributed by atoms with Crippen LogP contribution in [0.1, 0.15) is 31.2 Å². The van der Waals surface area contributed by atoms with E-state index < -0.39 is 11.7 Å². The molecule has 0 unspecified atom stereocenters. The van der Waals surface area contributed by atoms with Gasteiger partial charge >= 0.3 is 6.18 Å². The van der Waals surface area contributed by atoms with Crippen LogP contribution >= 0.6 is 0 Å². The minimum atomic E-state index is -4.39. The molecular weight excluding hydrogens is 415 g/mol. The van der Waals surface area contributed by atoms with Crippen LogP contribution in [0.25, 0.3) is 22.2 Å². The molecule has 3 aromatic rings. The van der Waals surface area contributed by atoms with Crippen molar-refractivity contribution in [1.82, 2.24) is 9.88 Å². The number of hydrogen-bond acceptors (Lipinski definition) is 4. The van der Waals surface area contributed by atoms with Gasteiger partial charge < -0.3 is 15.0 Å². The molecule has 1 aliphatic heterocycles. The molecular formula is C25H28F3N3O. The molecule has 0 bridgehead atoms. The Bertz CT molecular complexity index is 1040. The Morgan fingerprint density at radius 1 is 1.00 bits per heavy atom. The number of rotatable bonds is 7. The first-order valence-corrected chi connectivity index (χ1v) is 11.1. The lowest BCUT2D eigenvalue weighted by Crippen LogP contribution is -2.31. The van der Waals surface area contributed by atoms with Gasteiger partial charge in [0, 0.05) is 23.2 Å². The lowest BCUT2D eigenvalue weighted by molar-refractivity contribution is -0.137. The molecule has 0 amide bonds. The zero-order valence-corrected chi connectivity index (χ0v) is 18.2. The number of pyridine rings is 1. The summed E-state index contributed by atoms with van der Waals surface area (Å²) in [5, 5.41) is 3.86. The fourth-order valence-corrected chi connectivity index (χ4v) is 4.17. The molecule has 4 nitrogen and oxygen atoms in total. The van der Waals surface area contributed by atoms with Gasteiger partial charge in [-0.15, -0.1) is 0 Å². The van der Waals surface area contributed by atoms with E-state index in [4.69, 9.17) is 4.74 Å². The summed E-state index contributed by atoms with van der Waals surface area (Å²) in [7, 11) is 1.60. The number of likely N-dealkylation sites (tertiary alicyclic amines) is 1. The number of ether oxygens (including phenoxy) is 1. The summed E-state index contributed by atoms with van der Waals surface area (Å²) in [6.07, 6.45) is 0.324. The van der Waals surface area contributed by atoms with Crippen molar-refractivity contribution in [3.63, 3.8) is 0 Å². The van der Waals surface area contributed by atoms with E-state index in [9.17, 15) is 13.2 Å². The summed E-state index contributed by atoms with van der Waals surface area (Å²) >= 11 is 0. The predicted octanol–water partition coefficient (Wildman–Crippen LogP) is 6.22. The second-order valence-corrected chi connectivity index (χ2v) is 8.20. The highest BCUT2D eigenvalue weighted by Crippen LogP contribution is 2.35.